The fraction of sp³-hybridized carbons (Fsp3) is 0.174. The van der Waals surface area contributed by atoms with Crippen LogP contribution in [-0.4, -0.2) is 17.1 Å². The van der Waals surface area contributed by atoms with E-state index in [1.807, 2.05) is 0 Å². The largest absolute Gasteiger partial charge is 0.480 e. The number of aliphatic carboxylic acids is 1. The third-order valence-electron chi connectivity index (χ3n) is 4.05. The van der Waals surface area contributed by atoms with Crippen LogP contribution in [0, 0.1) is 5.92 Å². The summed E-state index contributed by atoms with van der Waals surface area (Å²) in [7, 11) is -0.446. The average Bonchev–Trinajstić information content (AvgIpc) is 2.70. The van der Waals surface area contributed by atoms with E-state index < -0.39 is 19.9 Å². The molecule has 0 aliphatic heterocycles. The summed E-state index contributed by atoms with van der Waals surface area (Å²) in [6, 6.07) is 31.6. The van der Waals surface area contributed by atoms with Crippen LogP contribution >= 0.6 is 7.92 Å². The van der Waals surface area contributed by atoms with Gasteiger partial charge in [0, 0.05) is 0 Å². The Labute approximate surface area is 162 Å². The monoisotopic (exact) mass is 379 g/mol. The van der Waals surface area contributed by atoms with E-state index in [0.717, 1.165) is 0 Å². The number of hydrogen-bond donors (Lipinski definition) is 2. The van der Waals surface area contributed by atoms with Crippen LogP contribution in [0.1, 0.15) is 13.8 Å². The molecule has 3 aromatic rings. The molecular formula is C23H26NO2P. The molecule has 0 heterocycles. The quantitative estimate of drug-likeness (QED) is 0.667. The minimum Gasteiger partial charge on any atom is -0.480 e. The Hall–Kier alpha value is -2.48. The number of nitrogens with two attached hydrogens (primary N) is 1. The lowest BCUT2D eigenvalue weighted by Crippen LogP contribution is -2.34. The second kappa shape index (κ2) is 10.6. The average molecular weight is 379 g/mol. The molecule has 0 aliphatic carbocycles. The van der Waals surface area contributed by atoms with E-state index in [4.69, 9.17) is 10.8 Å². The molecule has 1 atom stereocenters. The van der Waals surface area contributed by atoms with Crippen molar-refractivity contribution in [3.05, 3.63) is 91.0 Å². The molecule has 0 radical (unpaired) electrons. The summed E-state index contributed by atoms with van der Waals surface area (Å²) in [5, 5.41) is 12.4. The van der Waals surface area contributed by atoms with Crippen molar-refractivity contribution in [1.29, 1.82) is 0 Å². The van der Waals surface area contributed by atoms with E-state index >= 15 is 0 Å². The molecular weight excluding hydrogens is 353 g/mol. The highest BCUT2D eigenvalue weighted by atomic mass is 31.1. The minimum absolute atomic E-state index is 0.0208. The summed E-state index contributed by atoms with van der Waals surface area (Å²) < 4.78 is 0. The van der Waals surface area contributed by atoms with E-state index in [9.17, 15) is 4.79 Å². The molecule has 3 aromatic carbocycles. The molecule has 0 amide bonds. The Morgan fingerprint density at radius 2 is 1.04 bits per heavy atom. The van der Waals surface area contributed by atoms with E-state index in [-0.39, 0.29) is 5.92 Å². The van der Waals surface area contributed by atoms with Gasteiger partial charge in [-0.05, 0) is 29.8 Å². The fourth-order valence-electron chi connectivity index (χ4n) is 2.46. The molecule has 140 valence electrons. The van der Waals surface area contributed by atoms with Crippen molar-refractivity contribution in [2.24, 2.45) is 11.7 Å². The molecule has 0 aliphatic rings. The lowest BCUT2D eigenvalue weighted by molar-refractivity contribution is -0.139. The molecule has 0 unspecified atom stereocenters. The molecule has 27 heavy (non-hydrogen) atoms. The van der Waals surface area contributed by atoms with Gasteiger partial charge in [0.05, 0.1) is 0 Å². The topological polar surface area (TPSA) is 63.3 Å². The van der Waals surface area contributed by atoms with Crippen LogP contribution in [0.15, 0.2) is 91.0 Å². The number of carbonyl (C=O) groups is 1. The van der Waals surface area contributed by atoms with Crippen molar-refractivity contribution < 1.29 is 9.90 Å². The van der Waals surface area contributed by atoms with Gasteiger partial charge in [-0.25, -0.2) is 0 Å². The zero-order valence-electron chi connectivity index (χ0n) is 15.7. The Morgan fingerprint density at radius 3 is 1.22 bits per heavy atom. The Bertz CT molecular complexity index is 714. The summed E-state index contributed by atoms with van der Waals surface area (Å²) in [5.74, 6) is -0.910. The van der Waals surface area contributed by atoms with Crippen LogP contribution in [0.3, 0.4) is 0 Å². The molecule has 0 saturated carbocycles. The first kappa shape index (κ1) is 20.8. The van der Waals surface area contributed by atoms with Crippen LogP contribution in [0.5, 0.6) is 0 Å². The maximum Gasteiger partial charge on any atom is 0.320 e. The first-order valence-corrected chi connectivity index (χ1v) is 10.3. The van der Waals surface area contributed by atoms with Gasteiger partial charge < -0.3 is 10.8 Å². The first-order chi connectivity index (χ1) is 13.0. The van der Waals surface area contributed by atoms with E-state index in [1.165, 1.54) is 15.9 Å². The fourth-order valence-corrected chi connectivity index (χ4v) is 4.77. The molecule has 0 fully saturated rings. The lowest BCUT2D eigenvalue weighted by atomic mass is 10.1. The number of carboxylic acid groups (broad SMARTS) is 1. The zero-order chi connectivity index (χ0) is 19.6. The SMILES string of the molecule is CC(C)[C@H](N)C(=O)O.c1ccc(P(c2ccccc2)c2ccccc2)cc1. The summed E-state index contributed by atoms with van der Waals surface area (Å²) in [4.78, 5) is 10.0. The summed E-state index contributed by atoms with van der Waals surface area (Å²) in [6.45, 7) is 3.55. The summed E-state index contributed by atoms with van der Waals surface area (Å²) in [6.07, 6.45) is 0. The van der Waals surface area contributed by atoms with Gasteiger partial charge in [-0.1, -0.05) is 105 Å². The molecule has 0 bridgehead atoms. The van der Waals surface area contributed by atoms with Crippen LogP contribution in [0.2, 0.25) is 0 Å². The first-order valence-electron chi connectivity index (χ1n) is 8.94. The zero-order valence-corrected chi connectivity index (χ0v) is 16.6. The Morgan fingerprint density at radius 1 is 0.741 bits per heavy atom. The molecule has 0 aromatic heterocycles. The lowest BCUT2D eigenvalue weighted by Gasteiger charge is -2.18. The standard InChI is InChI=1S/C18H15P.C5H11NO2/c1-4-10-16(11-5-1)19(17-12-6-2-7-13-17)18-14-8-3-9-15-18;1-3(2)4(6)5(7)8/h1-15H;3-4H,6H2,1-2H3,(H,7,8)/t;4-/m.0/s1. The van der Waals surface area contributed by atoms with Gasteiger partial charge in [0.15, 0.2) is 0 Å². The van der Waals surface area contributed by atoms with Crippen LogP contribution in [-0.2, 0) is 4.79 Å². The molecule has 4 heteroatoms. The van der Waals surface area contributed by atoms with Gasteiger partial charge in [0.1, 0.15) is 6.04 Å². The van der Waals surface area contributed by atoms with Crippen molar-refractivity contribution >= 4 is 29.8 Å². The predicted molar refractivity (Wildman–Crippen MR) is 116 cm³/mol. The molecule has 3 rings (SSSR count). The van der Waals surface area contributed by atoms with Crippen LogP contribution in [0.4, 0.5) is 0 Å². The Kier molecular flexibility index (Phi) is 8.19. The molecule has 3 N–H and O–H groups in total. The van der Waals surface area contributed by atoms with Crippen molar-refractivity contribution in [2.45, 2.75) is 19.9 Å². The van der Waals surface area contributed by atoms with Gasteiger partial charge in [-0.3, -0.25) is 4.79 Å². The van der Waals surface area contributed by atoms with Gasteiger partial charge in [0.2, 0.25) is 0 Å². The minimum atomic E-state index is -0.931. The van der Waals surface area contributed by atoms with Gasteiger partial charge in [0.25, 0.3) is 0 Å². The van der Waals surface area contributed by atoms with Gasteiger partial charge >= 0.3 is 5.97 Å². The normalized spacial score (nSPS) is 11.6. The number of carboxylic acids is 1. The second-order valence-electron chi connectivity index (χ2n) is 6.45. The molecule has 0 saturated heterocycles. The highest BCUT2D eigenvalue weighted by molar-refractivity contribution is 7.79. The third-order valence-corrected chi connectivity index (χ3v) is 6.49. The third kappa shape index (κ3) is 6.32. The van der Waals surface area contributed by atoms with E-state index in [2.05, 4.69) is 91.0 Å². The maximum absolute atomic E-state index is 10.0. The Balaban J connectivity index is 0.000000279. The second-order valence-corrected chi connectivity index (χ2v) is 8.67. The molecule has 3 nitrogen and oxygen atoms in total. The maximum atomic E-state index is 10.0. The summed E-state index contributed by atoms with van der Waals surface area (Å²) in [5.41, 5.74) is 5.16. The van der Waals surface area contributed by atoms with Crippen molar-refractivity contribution in [3.8, 4) is 0 Å². The van der Waals surface area contributed by atoms with Crippen molar-refractivity contribution in [1.82, 2.24) is 0 Å². The predicted octanol–water partition coefficient (Wildman–Crippen LogP) is 3.50. The van der Waals surface area contributed by atoms with Crippen LogP contribution < -0.4 is 21.6 Å². The van der Waals surface area contributed by atoms with Crippen LogP contribution in [0.25, 0.3) is 0 Å². The number of rotatable bonds is 5. The number of benzene rings is 3. The molecule has 0 spiro atoms. The van der Waals surface area contributed by atoms with Crippen molar-refractivity contribution in [2.75, 3.05) is 0 Å². The highest BCUT2D eigenvalue weighted by Gasteiger charge is 2.15. The number of hydrogen-bond acceptors (Lipinski definition) is 2. The van der Waals surface area contributed by atoms with Gasteiger partial charge in [-0.2, -0.15) is 0 Å². The smallest absolute Gasteiger partial charge is 0.320 e. The highest BCUT2D eigenvalue weighted by Crippen LogP contribution is 2.32. The van der Waals surface area contributed by atoms with Crippen molar-refractivity contribution in [3.63, 3.8) is 0 Å². The van der Waals surface area contributed by atoms with Gasteiger partial charge in [-0.15, -0.1) is 0 Å². The van der Waals surface area contributed by atoms with E-state index in [0.29, 0.717) is 0 Å². The van der Waals surface area contributed by atoms with E-state index in [1.54, 1.807) is 13.8 Å². The summed E-state index contributed by atoms with van der Waals surface area (Å²) >= 11 is 0.